The van der Waals surface area contributed by atoms with Gasteiger partial charge in [-0.2, -0.15) is 0 Å². The molecule has 1 rings (SSSR count). The molecule has 8 heteroatoms. The Morgan fingerprint density at radius 1 is 1.50 bits per heavy atom. The van der Waals surface area contributed by atoms with Crippen LogP contribution in [0.25, 0.3) is 0 Å². The van der Waals surface area contributed by atoms with Gasteiger partial charge in [-0.1, -0.05) is 24.9 Å². The van der Waals surface area contributed by atoms with Crippen LogP contribution in [0.3, 0.4) is 0 Å². The highest BCUT2D eigenvalue weighted by atomic mass is 35.5. The first-order valence-corrected chi connectivity index (χ1v) is 7.92. The van der Waals surface area contributed by atoms with E-state index in [0.29, 0.717) is 6.07 Å². The second-order valence-corrected chi connectivity index (χ2v) is 6.41. The van der Waals surface area contributed by atoms with Crippen molar-refractivity contribution in [3.63, 3.8) is 0 Å². The Morgan fingerprint density at radius 3 is 2.60 bits per heavy atom. The zero-order valence-corrected chi connectivity index (χ0v) is 12.7. The van der Waals surface area contributed by atoms with Crippen molar-refractivity contribution in [2.45, 2.75) is 37.6 Å². The first kappa shape index (κ1) is 16.9. The number of nitrogens with two attached hydrogens (primary N) is 1. The van der Waals surface area contributed by atoms with Crippen molar-refractivity contribution < 1.29 is 17.6 Å². The van der Waals surface area contributed by atoms with Crippen molar-refractivity contribution in [1.82, 2.24) is 5.32 Å². The Labute approximate surface area is 122 Å². The first-order chi connectivity index (χ1) is 9.16. The topological polar surface area (TPSA) is 89.3 Å². The zero-order chi connectivity index (χ0) is 15.5. The molecular weight excluding hydrogens is 307 g/mol. The van der Waals surface area contributed by atoms with Gasteiger partial charge in [-0.15, -0.1) is 0 Å². The summed E-state index contributed by atoms with van der Waals surface area (Å²) >= 11 is 5.70. The molecule has 5 nitrogen and oxygen atoms in total. The maximum Gasteiger partial charge on any atom is 0.253 e. The summed E-state index contributed by atoms with van der Waals surface area (Å²) in [5, 5.41) is 7.11. The van der Waals surface area contributed by atoms with Gasteiger partial charge in [0.05, 0.1) is 15.5 Å². The van der Waals surface area contributed by atoms with Crippen LogP contribution >= 0.6 is 11.6 Å². The number of benzene rings is 1. The van der Waals surface area contributed by atoms with E-state index in [1.54, 1.807) is 6.92 Å². The van der Waals surface area contributed by atoms with Crippen LogP contribution in [0, 0.1) is 5.82 Å². The van der Waals surface area contributed by atoms with Crippen LogP contribution in [-0.4, -0.2) is 20.4 Å². The number of halogens is 2. The molecular formula is C12H16ClFN2O3S. The van der Waals surface area contributed by atoms with Crippen LogP contribution in [0.2, 0.25) is 5.02 Å². The molecule has 0 aliphatic rings. The molecule has 112 valence electrons. The van der Waals surface area contributed by atoms with Crippen LogP contribution in [-0.2, 0) is 10.0 Å². The third-order valence-electron chi connectivity index (χ3n) is 2.67. The van der Waals surface area contributed by atoms with Gasteiger partial charge >= 0.3 is 0 Å². The molecule has 0 bridgehead atoms. The van der Waals surface area contributed by atoms with Crippen LogP contribution in [0.4, 0.5) is 4.39 Å². The molecule has 0 saturated carbocycles. The predicted molar refractivity (Wildman–Crippen MR) is 74.6 cm³/mol. The summed E-state index contributed by atoms with van der Waals surface area (Å²) in [6.45, 7) is 3.74. The van der Waals surface area contributed by atoms with Crippen LogP contribution in [0.1, 0.15) is 37.0 Å². The van der Waals surface area contributed by atoms with E-state index in [2.05, 4.69) is 5.32 Å². The minimum atomic E-state index is -4.12. The summed E-state index contributed by atoms with van der Waals surface area (Å²) in [5.74, 6) is -1.65. The molecule has 0 aliphatic heterocycles. The van der Waals surface area contributed by atoms with Crippen molar-refractivity contribution in [3.05, 3.63) is 28.5 Å². The summed E-state index contributed by atoms with van der Waals surface area (Å²) in [4.78, 5) is 11.5. The van der Waals surface area contributed by atoms with E-state index in [1.165, 1.54) is 0 Å². The highest BCUT2D eigenvalue weighted by molar-refractivity contribution is 7.89. The normalized spacial score (nSPS) is 13.1. The highest BCUT2D eigenvalue weighted by Gasteiger charge is 2.20. The molecule has 0 saturated heterocycles. The average Bonchev–Trinajstić information content (AvgIpc) is 2.31. The van der Waals surface area contributed by atoms with Crippen molar-refractivity contribution in [2.24, 2.45) is 5.14 Å². The predicted octanol–water partition coefficient (Wildman–Crippen LogP) is 2.04. The van der Waals surface area contributed by atoms with E-state index in [9.17, 15) is 17.6 Å². The fraction of sp³-hybridized carbons (Fsp3) is 0.417. The number of carbonyl (C=O) groups excluding carboxylic acids is 1. The number of nitrogens with one attached hydrogen (secondary N) is 1. The van der Waals surface area contributed by atoms with Gasteiger partial charge in [-0.05, 0) is 25.5 Å². The lowest BCUT2D eigenvalue weighted by atomic mass is 10.1. The largest absolute Gasteiger partial charge is 0.350 e. The number of hydrogen-bond donors (Lipinski definition) is 2. The van der Waals surface area contributed by atoms with Crippen molar-refractivity contribution in [1.29, 1.82) is 0 Å². The summed E-state index contributed by atoms with van der Waals surface area (Å²) in [6, 6.07) is 1.52. The smallest absolute Gasteiger partial charge is 0.253 e. The van der Waals surface area contributed by atoms with Gasteiger partial charge in [0.25, 0.3) is 5.91 Å². The lowest BCUT2D eigenvalue weighted by molar-refractivity contribution is 0.0938. The lowest BCUT2D eigenvalue weighted by Gasteiger charge is -2.14. The van der Waals surface area contributed by atoms with Crippen LogP contribution < -0.4 is 10.5 Å². The standard InChI is InChI=1S/C12H16ClFN2O3S/c1-3-4-7(2)16-12(17)9-5-8(20(15,18)19)6-10(14)11(9)13/h5-7H,3-4H2,1-2H3,(H,16,17)(H2,15,18,19). The van der Waals surface area contributed by atoms with E-state index in [-0.39, 0.29) is 11.6 Å². The molecule has 0 heterocycles. The number of rotatable bonds is 5. The van der Waals surface area contributed by atoms with Crippen molar-refractivity contribution in [3.8, 4) is 0 Å². The number of hydrogen-bond acceptors (Lipinski definition) is 3. The van der Waals surface area contributed by atoms with Gasteiger partial charge in [0, 0.05) is 6.04 Å². The van der Waals surface area contributed by atoms with Gasteiger partial charge in [0.1, 0.15) is 5.82 Å². The van der Waals surface area contributed by atoms with E-state index in [0.717, 1.165) is 18.9 Å². The van der Waals surface area contributed by atoms with Crippen molar-refractivity contribution >= 4 is 27.5 Å². The monoisotopic (exact) mass is 322 g/mol. The second kappa shape index (κ2) is 6.51. The summed E-state index contributed by atoms with van der Waals surface area (Å²) in [6.07, 6.45) is 1.60. The van der Waals surface area contributed by atoms with E-state index in [1.807, 2.05) is 6.92 Å². The number of carbonyl (C=O) groups is 1. The molecule has 0 fully saturated rings. The Bertz CT molecular complexity index is 619. The zero-order valence-electron chi connectivity index (χ0n) is 11.1. The SMILES string of the molecule is CCCC(C)NC(=O)c1cc(S(N)(=O)=O)cc(F)c1Cl. The quantitative estimate of drug-likeness (QED) is 0.869. The Kier molecular flexibility index (Phi) is 5.50. The molecule has 1 aromatic carbocycles. The minimum Gasteiger partial charge on any atom is -0.350 e. The summed E-state index contributed by atoms with van der Waals surface area (Å²) in [7, 11) is -4.12. The molecule has 3 N–H and O–H groups in total. The van der Waals surface area contributed by atoms with E-state index < -0.39 is 31.7 Å². The fourth-order valence-corrected chi connectivity index (χ4v) is 2.45. The molecule has 1 aromatic rings. The Morgan fingerprint density at radius 2 is 2.10 bits per heavy atom. The number of primary sulfonamides is 1. The third kappa shape index (κ3) is 4.16. The number of sulfonamides is 1. The van der Waals surface area contributed by atoms with Crippen LogP contribution in [0.5, 0.6) is 0 Å². The van der Waals surface area contributed by atoms with Gasteiger partial charge < -0.3 is 5.32 Å². The second-order valence-electron chi connectivity index (χ2n) is 4.47. The lowest BCUT2D eigenvalue weighted by Crippen LogP contribution is -2.32. The minimum absolute atomic E-state index is 0.134. The molecule has 0 aliphatic carbocycles. The molecule has 1 unspecified atom stereocenters. The highest BCUT2D eigenvalue weighted by Crippen LogP contribution is 2.24. The van der Waals surface area contributed by atoms with Gasteiger partial charge in [-0.25, -0.2) is 17.9 Å². The van der Waals surface area contributed by atoms with Crippen molar-refractivity contribution in [2.75, 3.05) is 0 Å². The van der Waals surface area contributed by atoms with Gasteiger partial charge in [0.2, 0.25) is 10.0 Å². The van der Waals surface area contributed by atoms with Crippen LogP contribution in [0.15, 0.2) is 17.0 Å². The number of amides is 1. The van der Waals surface area contributed by atoms with Gasteiger partial charge in [0.15, 0.2) is 0 Å². The van der Waals surface area contributed by atoms with E-state index >= 15 is 0 Å². The summed E-state index contributed by atoms with van der Waals surface area (Å²) < 4.78 is 36.0. The summed E-state index contributed by atoms with van der Waals surface area (Å²) in [5.41, 5.74) is -0.251. The molecule has 0 radical (unpaired) electrons. The maximum absolute atomic E-state index is 13.6. The molecule has 0 spiro atoms. The maximum atomic E-state index is 13.6. The molecule has 1 amide bonds. The van der Waals surface area contributed by atoms with Gasteiger partial charge in [-0.3, -0.25) is 4.79 Å². The fourth-order valence-electron chi connectivity index (χ4n) is 1.70. The van der Waals surface area contributed by atoms with E-state index in [4.69, 9.17) is 16.7 Å². The molecule has 0 aromatic heterocycles. The Balaban J connectivity index is 3.17. The Hall–Kier alpha value is -1.18. The average molecular weight is 323 g/mol. The molecule has 1 atom stereocenters. The molecule has 20 heavy (non-hydrogen) atoms. The first-order valence-electron chi connectivity index (χ1n) is 5.99. The third-order valence-corrected chi connectivity index (χ3v) is 3.95.